The highest BCUT2D eigenvalue weighted by molar-refractivity contribution is 7.20. The van der Waals surface area contributed by atoms with Gasteiger partial charge in [-0.15, -0.1) is 9.24 Å². The lowest BCUT2D eigenvalue weighted by Gasteiger charge is -2.23. The van der Waals surface area contributed by atoms with Gasteiger partial charge in [-0.1, -0.05) is 19.0 Å². The van der Waals surface area contributed by atoms with E-state index in [0.717, 1.165) is 6.42 Å². The molecule has 0 heterocycles. The number of hydrogen-bond donors (Lipinski definition) is 0. The molecule has 0 N–H and O–H groups in total. The molecule has 14 heavy (non-hydrogen) atoms. The van der Waals surface area contributed by atoms with E-state index in [1.165, 1.54) is 0 Å². The lowest BCUT2D eigenvalue weighted by atomic mass is 9.98. The molecule has 0 saturated carbocycles. The summed E-state index contributed by atoms with van der Waals surface area (Å²) in [6.45, 7) is 6.00. The van der Waals surface area contributed by atoms with Gasteiger partial charge in [-0.2, -0.15) is 4.91 Å². The van der Waals surface area contributed by atoms with Gasteiger partial charge in [0.2, 0.25) is 0 Å². The van der Waals surface area contributed by atoms with Crippen molar-refractivity contribution in [2.24, 2.45) is 11.1 Å². The Hall–Kier alpha value is -0.500. The number of ether oxygens (including phenoxy) is 1. The standard InChI is InChI=1S/C9H18NO3P/c1-7(2)6-9(3,14)8(11)13-5-4-10-12/h7H,4-6,14H2,1-3H3. The number of carbonyl (C=O) groups excluding carboxylic acids is 1. The molecule has 5 heteroatoms. The Morgan fingerprint density at radius 1 is 1.57 bits per heavy atom. The fourth-order valence-electron chi connectivity index (χ4n) is 1.27. The van der Waals surface area contributed by atoms with Gasteiger partial charge in [0.1, 0.15) is 13.2 Å². The number of nitrogens with zero attached hydrogens (tertiary/aromatic N) is 1. The molecule has 0 aliphatic rings. The van der Waals surface area contributed by atoms with Gasteiger partial charge < -0.3 is 4.74 Å². The highest BCUT2D eigenvalue weighted by Crippen LogP contribution is 2.27. The van der Waals surface area contributed by atoms with Crippen LogP contribution >= 0.6 is 9.24 Å². The lowest BCUT2D eigenvalue weighted by Crippen LogP contribution is -2.32. The van der Waals surface area contributed by atoms with Gasteiger partial charge in [0.05, 0.1) is 5.16 Å². The van der Waals surface area contributed by atoms with E-state index in [-0.39, 0.29) is 19.1 Å². The van der Waals surface area contributed by atoms with E-state index in [9.17, 15) is 9.70 Å². The molecule has 2 unspecified atom stereocenters. The molecule has 0 aromatic rings. The minimum absolute atomic E-state index is 0.0220. The minimum atomic E-state index is -0.558. The van der Waals surface area contributed by atoms with Gasteiger partial charge in [0, 0.05) is 0 Å². The van der Waals surface area contributed by atoms with Crippen LogP contribution in [0.15, 0.2) is 5.18 Å². The summed E-state index contributed by atoms with van der Waals surface area (Å²) in [5.41, 5.74) is 0. The first-order valence-corrected chi connectivity index (χ1v) is 5.23. The van der Waals surface area contributed by atoms with E-state index < -0.39 is 5.16 Å². The Kier molecular flexibility index (Phi) is 5.86. The van der Waals surface area contributed by atoms with Crippen molar-refractivity contribution in [1.29, 1.82) is 0 Å². The summed E-state index contributed by atoms with van der Waals surface area (Å²) in [6.07, 6.45) is 0.741. The first kappa shape index (κ1) is 13.5. The second kappa shape index (κ2) is 6.07. The Labute approximate surface area is 87.0 Å². The molecule has 0 rings (SSSR count). The average molecular weight is 219 g/mol. The topological polar surface area (TPSA) is 55.7 Å². The number of esters is 1. The van der Waals surface area contributed by atoms with E-state index in [1.807, 2.05) is 20.8 Å². The van der Waals surface area contributed by atoms with Crippen LogP contribution in [0.5, 0.6) is 0 Å². The zero-order chi connectivity index (χ0) is 11.2. The van der Waals surface area contributed by atoms with Crippen molar-refractivity contribution in [2.45, 2.75) is 32.3 Å². The van der Waals surface area contributed by atoms with Crippen LogP contribution in [0.4, 0.5) is 0 Å². The first-order chi connectivity index (χ1) is 6.40. The summed E-state index contributed by atoms with van der Waals surface area (Å²) >= 11 is 0. The van der Waals surface area contributed by atoms with Gasteiger partial charge in [0.15, 0.2) is 0 Å². The highest BCUT2D eigenvalue weighted by Gasteiger charge is 2.30. The minimum Gasteiger partial charge on any atom is -0.463 e. The summed E-state index contributed by atoms with van der Waals surface area (Å²) in [5.74, 6) is 0.133. The van der Waals surface area contributed by atoms with Crippen LogP contribution in [0, 0.1) is 10.8 Å². The zero-order valence-corrected chi connectivity index (χ0v) is 10.1. The van der Waals surface area contributed by atoms with Gasteiger partial charge in [-0.25, -0.2) is 0 Å². The van der Waals surface area contributed by atoms with Crippen molar-refractivity contribution >= 4 is 15.2 Å². The maximum atomic E-state index is 11.5. The quantitative estimate of drug-likeness (QED) is 0.297. The van der Waals surface area contributed by atoms with E-state index in [0.29, 0.717) is 5.92 Å². The third kappa shape index (κ3) is 5.28. The SMILES string of the molecule is CC(C)CC(C)(P)C(=O)OCCN=O. The van der Waals surface area contributed by atoms with Crippen LogP contribution < -0.4 is 0 Å². The number of nitroso groups, excluding NO2 is 1. The molecule has 4 nitrogen and oxygen atoms in total. The molecular formula is C9H18NO3P. The van der Waals surface area contributed by atoms with Crippen molar-refractivity contribution in [2.75, 3.05) is 13.2 Å². The van der Waals surface area contributed by atoms with Crippen LogP contribution in [0.1, 0.15) is 27.2 Å². The summed E-state index contributed by atoms with van der Waals surface area (Å²) in [5, 5.41) is 2.06. The Morgan fingerprint density at radius 2 is 2.14 bits per heavy atom. The van der Waals surface area contributed by atoms with Crippen molar-refractivity contribution in [3.8, 4) is 0 Å². The smallest absolute Gasteiger partial charge is 0.315 e. The fourth-order valence-corrected chi connectivity index (χ4v) is 1.83. The lowest BCUT2D eigenvalue weighted by molar-refractivity contribution is -0.146. The normalized spacial score (nSPS) is 14.9. The van der Waals surface area contributed by atoms with Crippen molar-refractivity contribution in [1.82, 2.24) is 0 Å². The van der Waals surface area contributed by atoms with Crippen LogP contribution in [0.3, 0.4) is 0 Å². The second-order valence-electron chi connectivity index (χ2n) is 4.00. The molecule has 0 saturated heterocycles. The molecule has 0 amide bonds. The Morgan fingerprint density at radius 3 is 2.57 bits per heavy atom. The van der Waals surface area contributed by atoms with Gasteiger partial charge in [-0.05, 0) is 19.3 Å². The molecule has 2 atom stereocenters. The number of carbonyl (C=O) groups is 1. The highest BCUT2D eigenvalue weighted by atomic mass is 31.0. The fraction of sp³-hybridized carbons (Fsp3) is 0.889. The molecule has 0 fully saturated rings. The van der Waals surface area contributed by atoms with E-state index in [1.54, 1.807) is 0 Å². The predicted molar refractivity (Wildman–Crippen MR) is 59.2 cm³/mol. The molecule has 82 valence electrons. The van der Waals surface area contributed by atoms with Gasteiger partial charge in [-0.3, -0.25) is 4.79 Å². The molecule has 0 spiro atoms. The summed E-state index contributed by atoms with van der Waals surface area (Å²) in [4.78, 5) is 21.3. The maximum Gasteiger partial charge on any atom is 0.315 e. The Balaban J connectivity index is 4.00. The molecule has 0 aliphatic carbocycles. The first-order valence-electron chi connectivity index (χ1n) is 4.65. The average Bonchev–Trinajstić information content (AvgIpc) is 2.02. The number of rotatable bonds is 6. The zero-order valence-electron chi connectivity index (χ0n) is 8.95. The van der Waals surface area contributed by atoms with Crippen molar-refractivity contribution < 1.29 is 9.53 Å². The van der Waals surface area contributed by atoms with E-state index >= 15 is 0 Å². The molecular weight excluding hydrogens is 201 g/mol. The van der Waals surface area contributed by atoms with Crippen molar-refractivity contribution in [3.63, 3.8) is 0 Å². The largest absolute Gasteiger partial charge is 0.463 e. The number of hydrogen-bond acceptors (Lipinski definition) is 4. The van der Waals surface area contributed by atoms with Crippen LogP contribution in [0.25, 0.3) is 0 Å². The predicted octanol–water partition coefficient (Wildman–Crippen LogP) is 1.98. The van der Waals surface area contributed by atoms with Crippen molar-refractivity contribution in [3.05, 3.63) is 4.91 Å². The van der Waals surface area contributed by atoms with E-state index in [2.05, 4.69) is 14.4 Å². The summed E-state index contributed by atoms with van der Waals surface area (Å²) in [6, 6.07) is 0. The van der Waals surface area contributed by atoms with E-state index in [4.69, 9.17) is 4.74 Å². The third-order valence-corrected chi connectivity index (χ3v) is 2.19. The monoisotopic (exact) mass is 219 g/mol. The van der Waals surface area contributed by atoms with Crippen LogP contribution in [0.2, 0.25) is 0 Å². The molecule has 0 aliphatic heterocycles. The van der Waals surface area contributed by atoms with Gasteiger partial charge >= 0.3 is 5.97 Å². The molecule has 0 aromatic carbocycles. The van der Waals surface area contributed by atoms with Crippen LogP contribution in [-0.2, 0) is 9.53 Å². The van der Waals surface area contributed by atoms with Crippen LogP contribution in [-0.4, -0.2) is 24.3 Å². The maximum absolute atomic E-state index is 11.5. The Bertz CT molecular complexity index is 204. The summed E-state index contributed by atoms with van der Waals surface area (Å²) < 4.78 is 4.89. The second-order valence-corrected chi connectivity index (χ2v) is 5.28. The molecule has 0 aromatic heterocycles. The molecule has 0 bridgehead atoms. The summed E-state index contributed by atoms with van der Waals surface area (Å²) in [7, 11) is 2.50. The third-order valence-electron chi connectivity index (χ3n) is 1.71. The van der Waals surface area contributed by atoms with Gasteiger partial charge in [0.25, 0.3) is 0 Å². The molecule has 0 radical (unpaired) electrons.